The van der Waals surface area contributed by atoms with Gasteiger partial charge in [-0.25, -0.2) is 0 Å². The summed E-state index contributed by atoms with van der Waals surface area (Å²) in [6.07, 6.45) is 9.95. The maximum atomic E-state index is 11.4. The van der Waals surface area contributed by atoms with Crippen LogP contribution in [0, 0.1) is 0 Å². The smallest absolute Gasteiger partial charge is 0.246 e. The van der Waals surface area contributed by atoms with Crippen LogP contribution < -0.4 is 0 Å². The molecular weight excluding hydrogens is 186 g/mol. The molecule has 1 aliphatic rings. The van der Waals surface area contributed by atoms with Gasteiger partial charge in [-0.3, -0.25) is 4.79 Å². The number of hydrogen-bond donors (Lipinski definition) is 0. The summed E-state index contributed by atoms with van der Waals surface area (Å²) < 4.78 is 0. The van der Waals surface area contributed by atoms with Crippen LogP contribution in [0.5, 0.6) is 0 Å². The van der Waals surface area contributed by atoms with E-state index in [2.05, 4.69) is 18.7 Å². The molecule has 88 valence electrons. The lowest BCUT2D eigenvalue weighted by Gasteiger charge is -2.02. The van der Waals surface area contributed by atoms with Crippen molar-refractivity contribution >= 4 is 5.91 Å². The first-order valence-electron chi connectivity index (χ1n) is 6.61. The van der Waals surface area contributed by atoms with Gasteiger partial charge >= 0.3 is 0 Å². The number of rotatable bonds is 9. The van der Waals surface area contributed by atoms with Crippen molar-refractivity contribution in [2.24, 2.45) is 0 Å². The number of nitrogens with zero attached hydrogens (tertiary/aromatic N) is 1. The molecule has 1 unspecified atom stereocenters. The summed E-state index contributed by atoms with van der Waals surface area (Å²) in [6, 6.07) is 0.302. The summed E-state index contributed by atoms with van der Waals surface area (Å²) in [7, 11) is 0. The van der Waals surface area contributed by atoms with Gasteiger partial charge in [0.1, 0.15) is 6.04 Å². The largest absolute Gasteiger partial charge is 0.329 e. The molecule has 15 heavy (non-hydrogen) atoms. The molecule has 0 aromatic rings. The van der Waals surface area contributed by atoms with Crippen LogP contribution in [0.3, 0.4) is 0 Å². The van der Waals surface area contributed by atoms with E-state index >= 15 is 0 Å². The topological polar surface area (TPSA) is 20.1 Å². The third kappa shape index (κ3) is 4.23. The van der Waals surface area contributed by atoms with Crippen molar-refractivity contribution in [3.63, 3.8) is 0 Å². The minimum atomic E-state index is 0.302. The Balaban J connectivity index is 1.96. The third-order valence-corrected chi connectivity index (χ3v) is 3.21. The molecule has 2 heteroatoms. The number of amides is 1. The molecule has 0 aromatic carbocycles. The van der Waals surface area contributed by atoms with Crippen molar-refractivity contribution in [2.75, 3.05) is 6.54 Å². The van der Waals surface area contributed by atoms with Crippen molar-refractivity contribution in [1.82, 2.24) is 4.90 Å². The van der Waals surface area contributed by atoms with Crippen LogP contribution in [0.1, 0.15) is 65.2 Å². The zero-order valence-corrected chi connectivity index (χ0v) is 10.3. The van der Waals surface area contributed by atoms with Gasteiger partial charge in [0, 0.05) is 6.54 Å². The zero-order chi connectivity index (χ0) is 11.1. The standard InChI is InChI=1S/C13H25NO/c1-3-5-7-8-9-11-14-12(13(14)15)10-6-4-2/h12H,3-11H2,1-2H3. The molecule has 1 fully saturated rings. The first-order chi connectivity index (χ1) is 7.31. The van der Waals surface area contributed by atoms with Gasteiger partial charge in [0.05, 0.1) is 0 Å². The van der Waals surface area contributed by atoms with E-state index in [4.69, 9.17) is 0 Å². The molecule has 0 bridgehead atoms. The molecule has 1 aliphatic heterocycles. The average molecular weight is 211 g/mol. The molecule has 0 saturated carbocycles. The second-order valence-corrected chi connectivity index (χ2v) is 4.60. The van der Waals surface area contributed by atoms with E-state index in [-0.39, 0.29) is 0 Å². The van der Waals surface area contributed by atoms with Crippen LogP contribution in [0.4, 0.5) is 0 Å². The first-order valence-corrected chi connectivity index (χ1v) is 6.61. The summed E-state index contributed by atoms with van der Waals surface area (Å²) in [4.78, 5) is 13.4. The molecule has 0 spiro atoms. The molecule has 1 amide bonds. The number of unbranched alkanes of at least 4 members (excludes halogenated alkanes) is 5. The zero-order valence-electron chi connectivity index (χ0n) is 10.3. The van der Waals surface area contributed by atoms with E-state index in [9.17, 15) is 4.79 Å². The SMILES string of the molecule is CCCCCCCN1C(=O)C1CCCC. The lowest BCUT2D eigenvalue weighted by molar-refractivity contribution is -0.113. The maximum Gasteiger partial charge on any atom is 0.246 e. The highest BCUT2D eigenvalue weighted by Crippen LogP contribution is 2.25. The van der Waals surface area contributed by atoms with E-state index in [0.29, 0.717) is 11.9 Å². The Kier molecular flexibility index (Phi) is 5.74. The molecule has 0 N–H and O–H groups in total. The van der Waals surface area contributed by atoms with Gasteiger partial charge in [-0.15, -0.1) is 0 Å². The van der Waals surface area contributed by atoms with Crippen molar-refractivity contribution < 1.29 is 4.79 Å². The molecular formula is C13H25NO. The van der Waals surface area contributed by atoms with Crippen LogP contribution in [0.15, 0.2) is 0 Å². The fourth-order valence-electron chi connectivity index (χ4n) is 2.09. The van der Waals surface area contributed by atoms with Crippen molar-refractivity contribution in [3.8, 4) is 0 Å². The Morgan fingerprint density at radius 1 is 1.00 bits per heavy atom. The summed E-state index contributed by atoms with van der Waals surface area (Å²) in [5.41, 5.74) is 0. The van der Waals surface area contributed by atoms with Gasteiger partial charge in [0.2, 0.25) is 5.91 Å². The van der Waals surface area contributed by atoms with Crippen LogP contribution in [-0.2, 0) is 4.79 Å². The minimum absolute atomic E-state index is 0.302. The lowest BCUT2D eigenvalue weighted by Crippen LogP contribution is -2.04. The third-order valence-electron chi connectivity index (χ3n) is 3.21. The van der Waals surface area contributed by atoms with Crippen LogP contribution in [0.2, 0.25) is 0 Å². The lowest BCUT2D eigenvalue weighted by atomic mass is 10.1. The van der Waals surface area contributed by atoms with E-state index in [1.807, 2.05) is 0 Å². The van der Waals surface area contributed by atoms with Gasteiger partial charge in [-0.2, -0.15) is 0 Å². The van der Waals surface area contributed by atoms with Crippen LogP contribution in [0.25, 0.3) is 0 Å². The molecule has 1 heterocycles. The summed E-state index contributed by atoms with van der Waals surface area (Å²) in [6.45, 7) is 5.42. The minimum Gasteiger partial charge on any atom is -0.329 e. The summed E-state index contributed by atoms with van der Waals surface area (Å²) in [5, 5.41) is 0. The Hall–Kier alpha value is -0.530. The van der Waals surface area contributed by atoms with Crippen LogP contribution in [-0.4, -0.2) is 23.4 Å². The van der Waals surface area contributed by atoms with E-state index in [0.717, 1.165) is 13.0 Å². The quantitative estimate of drug-likeness (QED) is 0.423. The van der Waals surface area contributed by atoms with Gasteiger partial charge in [0.25, 0.3) is 0 Å². The molecule has 1 rings (SSSR count). The predicted octanol–water partition coefficient (Wildman–Crippen LogP) is 3.36. The molecule has 1 atom stereocenters. The van der Waals surface area contributed by atoms with Crippen LogP contribution >= 0.6 is 0 Å². The number of carbonyl (C=O) groups is 1. The van der Waals surface area contributed by atoms with Gasteiger partial charge < -0.3 is 4.90 Å². The Morgan fingerprint density at radius 2 is 1.67 bits per heavy atom. The Morgan fingerprint density at radius 3 is 2.33 bits per heavy atom. The Labute approximate surface area is 94.0 Å². The highest BCUT2D eigenvalue weighted by atomic mass is 16.2. The van der Waals surface area contributed by atoms with Gasteiger partial charge in [-0.1, -0.05) is 52.4 Å². The highest BCUT2D eigenvalue weighted by Gasteiger charge is 2.43. The average Bonchev–Trinajstić information content (AvgIpc) is 2.85. The number of carbonyl (C=O) groups excluding carboxylic acids is 1. The summed E-state index contributed by atoms with van der Waals surface area (Å²) >= 11 is 0. The first kappa shape index (κ1) is 12.5. The summed E-state index contributed by atoms with van der Waals surface area (Å²) in [5.74, 6) is 0.402. The van der Waals surface area contributed by atoms with Gasteiger partial charge in [0.15, 0.2) is 0 Å². The normalized spacial score (nSPS) is 19.7. The fraction of sp³-hybridized carbons (Fsp3) is 0.923. The second kappa shape index (κ2) is 6.86. The molecule has 0 aliphatic carbocycles. The fourth-order valence-corrected chi connectivity index (χ4v) is 2.09. The highest BCUT2D eigenvalue weighted by molar-refractivity contribution is 5.96. The Bertz CT molecular complexity index is 191. The number of hydrogen-bond acceptors (Lipinski definition) is 1. The van der Waals surface area contributed by atoms with Crippen molar-refractivity contribution in [3.05, 3.63) is 0 Å². The molecule has 2 nitrogen and oxygen atoms in total. The van der Waals surface area contributed by atoms with Crippen molar-refractivity contribution in [1.29, 1.82) is 0 Å². The molecule has 1 saturated heterocycles. The monoisotopic (exact) mass is 211 g/mol. The molecule has 0 aromatic heterocycles. The second-order valence-electron chi connectivity index (χ2n) is 4.60. The predicted molar refractivity (Wildman–Crippen MR) is 63.8 cm³/mol. The van der Waals surface area contributed by atoms with Gasteiger partial charge in [-0.05, 0) is 12.8 Å². The maximum absolute atomic E-state index is 11.4. The van der Waals surface area contributed by atoms with E-state index < -0.39 is 0 Å². The van der Waals surface area contributed by atoms with E-state index in [1.165, 1.54) is 44.9 Å². The van der Waals surface area contributed by atoms with E-state index in [1.54, 1.807) is 0 Å². The van der Waals surface area contributed by atoms with Crippen molar-refractivity contribution in [2.45, 2.75) is 71.3 Å². The molecule has 0 radical (unpaired) electrons.